The molecule has 0 atom stereocenters. The number of rotatable bonds is 4. The summed E-state index contributed by atoms with van der Waals surface area (Å²) < 4.78 is 5.71. The number of amides is 2. The number of likely N-dealkylation sites (N-methyl/N-ethyl adjacent to an activating group) is 1. The van der Waals surface area contributed by atoms with Crippen LogP contribution in [0.3, 0.4) is 0 Å². The Bertz CT molecular complexity index is 701. The molecule has 0 aliphatic rings. The SMILES string of the molecule is CCc1c(C(=O)NCC(=O)NC)oc2cc(C)c(C)cc12. The van der Waals surface area contributed by atoms with E-state index in [1.807, 2.05) is 32.9 Å². The molecule has 1 aromatic carbocycles. The van der Waals surface area contributed by atoms with Gasteiger partial charge < -0.3 is 15.1 Å². The summed E-state index contributed by atoms with van der Waals surface area (Å²) in [4.78, 5) is 23.4. The minimum Gasteiger partial charge on any atom is -0.451 e. The lowest BCUT2D eigenvalue weighted by molar-refractivity contribution is -0.119. The second-order valence-corrected chi connectivity index (χ2v) is 5.05. The van der Waals surface area contributed by atoms with E-state index in [1.165, 1.54) is 7.05 Å². The van der Waals surface area contributed by atoms with E-state index in [-0.39, 0.29) is 18.4 Å². The van der Waals surface area contributed by atoms with Crippen molar-refractivity contribution in [3.05, 3.63) is 34.6 Å². The highest BCUT2D eigenvalue weighted by Gasteiger charge is 2.20. The van der Waals surface area contributed by atoms with Gasteiger partial charge in [-0.2, -0.15) is 0 Å². The molecular weight excluding hydrogens is 268 g/mol. The summed E-state index contributed by atoms with van der Waals surface area (Å²) >= 11 is 0. The van der Waals surface area contributed by atoms with Crippen molar-refractivity contribution in [2.45, 2.75) is 27.2 Å². The molecule has 1 aromatic heterocycles. The summed E-state index contributed by atoms with van der Waals surface area (Å²) in [5.41, 5.74) is 3.87. The molecule has 0 fully saturated rings. The molecule has 5 heteroatoms. The van der Waals surface area contributed by atoms with Crippen molar-refractivity contribution < 1.29 is 14.0 Å². The number of hydrogen-bond acceptors (Lipinski definition) is 3. The largest absolute Gasteiger partial charge is 0.451 e. The van der Waals surface area contributed by atoms with Crippen molar-refractivity contribution in [2.75, 3.05) is 13.6 Å². The minimum atomic E-state index is -0.359. The molecule has 0 radical (unpaired) electrons. The normalized spacial score (nSPS) is 10.7. The van der Waals surface area contributed by atoms with E-state index < -0.39 is 0 Å². The molecule has 1 heterocycles. The minimum absolute atomic E-state index is 0.0619. The van der Waals surface area contributed by atoms with Gasteiger partial charge in [-0.3, -0.25) is 9.59 Å². The molecule has 2 N–H and O–H groups in total. The van der Waals surface area contributed by atoms with Crippen LogP contribution in [0.25, 0.3) is 11.0 Å². The number of nitrogens with one attached hydrogen (secondary N) is 2. The molecule has 2 amide bonds. The standard InChI is InChI=1S/C16H20N2O3/c1-5-11-12-6-9(2)10(3)7-13(12)21-15(11)16(20)18-8-14(19)17-4/h6-7H,5,8H2,1-4H3,(H,17,19)(H,18,20). The highest BCUT2D eigenvalue weighted by Crippen LogP contribution is 2.29. The third-order valence-corrected chi connectivity index (χ3v) is 3.66. The van der Waals surface area contributed by atoms with Crippen molar-refractivity contribution in [1.29, 1.82) is 0 Å². The van der Waals surface area contributed by atoms with Crippen molar-refractivity contribution in [3.63, 3.8) is 0 Å². The molecule has 0 spiro atoms. The zero-order chi connectivity index (χ0) is 15.6. The van der Waals surface area contributed by atoms with E-state index in [0.717, 1.165) is 22.1 Å². The van der Waals surface area contributed by atoms with Crippen LogP contribution in [0, 0.1) is 13.8 Å². The topological polar surface area (TPSA) is 71.3 Å². The Morgan fingerprint density at radius 1 is 1.19 bits per heavy atom. The summed E-state index contributed by atoms with van der Waals surface area (Å²) in [5, 5.41) is 5.99. The fourth-order valence-electron chi connectivity index (χ4n) is 2.27. The van der Waals surface area contributed by atoms with E-state index >= 15 is 0 Å². The van der Waals surface area contributed by atoms with E-state index in [2.05, 4.69) is 10.6 Å². The first-order valence-electron chi connectivity index (χ1n) is 6.99. The lowest BCUT2D eigenvalue weighted by Gasteiger charge is -2.03. The Morgan fingerprint density at radius 3 is 2.48 bits per heavy atom. The van der Waals surface area contributed by atoms with Crippen LogP contribution in [0.5, 0.6) is 0 Å². The number of carbonyl (C=O) groups is 2. The summed E-state index contributed by atoms with van der Waals surface area (Å²) in [5.74, 6) is -0.312. The summed E-state index contributed by atoms with van der Waals surface area (Å²) in [6.07, 6.45) is 0.693. The van der Waals surface area contributed by atoms with Gasteiger partial charge in [0, 0.05) is 18.0 Å². The van der Waals surface area contributed by atoms with E-state index in [4.69, 9.17) is 4.42 Å². The Kier molecular flexibility index (Phi) is 4.31. The average molecular weight is 288 g/mol. The lowest BCUT2D eigenvalue weighted by atomic mass is 10.0. The van der Waals surface area contributed by atoms with Crippen LogP contribution in [0.2, 0.25) is 0 Å². The maximum absolute atomic E-state index is 12.2. The molecule has 0 saturated heterocycles. The van der Waals surface area contributed by atoms with Crippen LogP contribution in [-0.2, 0) is 11.2 Å². The van der Waals surface area contributed by atoms with Gasteiger partial charge in [0.05, 0.1) is 6.54 Å². The van der Waals surface area contributed by atoms with Crippen molar-refractivity contribution in [2.24, 2.45) is 0 Å². The fourth-order valence-corrected chi connectivity index (χ4v) is 2.27. The van der Waals surface area contributed by atoms with Gasteiger partial charge in [0.15, 0.2) is 5.76 Å². The maximum Gasteiger partial charge on any atom is 0.287 e. The van der Waals surface area contributed by atoms with Gasteiger partial charge in [-0.25, -0.2) is 0 Å². The molecule has 0 saturated carbocycles. The average Bonchev–Trinajstić information content (AvgIpc) is 2.82. The number of carbonyl (C=O) groups excluding carboxylic acids is 2. The smallest absolute Gasteiger partial charge is 0.287 e. The number of aryl methyl sites for hydroxylation is 3. The number of benzene rings is 1. The van der Waals surface area contributed by atoms with Gasteiger partial charge in [-0.15, -0.1) is 0 Å². The van der Waals surface area contributed by atoms with Gasteiger partial charge in [-0.05, 0) is 43.5 Å². The van der Waals surface area contributed by atoms with Crippen LogP contribution >= 0.6 is 0 Å². The number of hydrogen-bond donors (Lipinski definition) is 2. The first-order valence-corrected chi connectivity index (χ1v) is 6.99. The van der Waals surface area contributed by atoms with Crippen LogP contribution < -0.4 is 10.6 Å². The molecule has 0 aliphatic carbocycles. The zero-order valence-electron chi connectivity index (χ0n) is 12.8. The molecule has 0 aliphatic heterocycles. The van der Waals surface area contributed by atoms with Crippen LogP contribution in [0.1, 0.15) is 34.2 Å². The van der Waals surface area contributed by atoms with Gasteiger partial charge >= 0.3 is 0 Å². The second-order valence-electron chi connectivity index (χ2n) is 5.05. The fraction of sp³-hybridized carbons (Fsp3) is 0.375. The Balaban J connectivity index is 2.39. The van der Waals surface area contributed by atoms with Crippen LogP contribution in [0.15, 0.2) is 16.5 Å². The van der Waals surface area contributed by atoms with Gasteiger partial charge in [0.2, 0.25) is 5.91 Å². The van der Waals surface area contributed by atoms with Crippen molar-refractivity contribution in [3.8, 4) is 0 Å². The van der Waals surface area contributed by atoms with Gasteiger partial charge in [-0.1, -0.05) is 6.92 Å². The molecule has 2 aromatic rings. The van der Waals surface area contributed by atoms with Crippen LogP contribution in [0.4, 0.5) is 0 Å². The van der Waals surface area contributed by atoms with Gasteiger partial charge in [0.1, 0.15) is 5.58 Å². The quantitative estimate of drug-likeness (QED) is 0.905. The third-order valence-electron chi connectivity index (χ3n) is 3.66. The molecular formula is C16H20N2O3. The van der Waals surface area contributed by atoms with E-state index in [9.17, 15) is 9.59 Å². The zero-order valence-corrected chi connectivity index (χ0v) is 12.8. The first kappa shape index (κ1) is 15.1. The van der Waals surface area contributed by atoms with Crippen LogP contribution in [-0.4, -0.2) is 25.4 Å². The monoisotopic (exact) mass is 288 g/mol. The number of furan rings is 1. The summed E-state index contributed by atoms with van der Waals surface area (Å²) in [6.45, 7) is 5.96. The second kappa shape index (κ2) is 5.99. The van der Waals surface area contributed by atoms with E-state index in [1.54, 1.807) is 0 Å². The molecule has 0 unspecified atom stereocenters. The summed E-state index contributed by atoms with van der Waals surface area (Å²) in [7, 11) is 1.53. The molecule has 112 valence electrons. The Hall–Kier alpha value is -2.30. The predicted octanol–water partition coefficient (Wildman–Crippen LogP) is 2.09. The highest BCUT2D eigenvalue weighted by molar-refractivity contribution is 6.00. The first-order chi connectivity index (χ1) is 9.97. The molecule has 2 rings (SSSR count). The van der Waals surface area contributed by atoms with Crippen molar-refractivity contribution in [1.82, 2.24) is 10.6 Å². The highest BCUT2D eigenvalue weighted by atomic mass is 16.3. The lowest BCUT2D eigenvalue weighted by Crippen LogP contribution is -2.35. The Labute approximate surface area is 123 Å². The van der Waals surface area contributed by atoms with Crippen molar-refractivity contribution >= 4 is 22.8 Å². The van der Waals surface area contributed by atoms with E-state index in [0.29, 0.717) is 17.8 Å². The molecule has 21 heavy (non-hydrogen) atoms. The van der Waals surface area contributed by atoms with Gasteiger partial charge in [0.25, 0.3) is 5.91 Å². The third kappa shape index (κ3) is 2.91. The molecule has 5 nitrogen and oxygen atoms in total. The summed E-state index contributed by atoms with van der Waals surface area (Å²) in [6, 6.07) is 3.99. The Morgan fingerprint density at radius 2 is 1.86 bits per heavy atom. The molecule has 0 bridgehead atoms. The maximum atomic E-state index is 12.2. The predicted molar refractivity (Wildman–Crippen MR) is 81.5 cm³/mol. The number of fused-ring (bicyclic) bond motifs is 1.